The van der Waals surface area contributed by atoms with Crippen molar-refractivity contribution in [2.75, 3.05) is 7.11 Å². The van der Waals surface area contributed by atoms with Crippen LogP contribution < -0.4 is 5.48 Å². The molecule has 0 aromatic carbocycles. The van der Waals surface area contributed by atoms with Gasteiger partial charge in [0.25, 0.3) is 0 Å². The van der Waals surface area contributed by atoms with Gasteiger partial charge in [-0.25, -0.2) is 5.48 Å². The highest BCUT2D eigenvalue weighted by Gasteiger charge is 2.01. The molecule has 0 saturated carbocycles. The Morgan fingerprint density at radius 3 is 2.80 bits per heavy atom. The smallest absolute Gasteiger partial charge is 0.249 e. The Morgan fingerprint density at radius 2 is 2.40 bits per heavy atom. The van der Waals surface area contributed by atoms with Crippen molar-refractivity contribution in [2.24, 2.45) is 5.16 Å². The molecule has 2 N–H and O–H groups in total. The van der Waals surface area contributed by atoms with E-state index in [9.17, 15) is 4.79 Å². The van der Waals surface area contributed by atoms with Crippen molar-refractivity contribution in [1.82, 2.24) is 5.48 Å². The summed E-state index contributed by atoms with van der Waals surface area (Å²) in [7, 11) is 1.34. The molecule has 0 unspecified atom stereocenters. The van der Waals surface area contributed by atoms with Crippen LogP contribution in [0.3, 0.4) is 0 Å². The van der Waals surface area contributed by atoms with Gasteiger partial charge in [-0.15, -0.1) is 0 Å². The van der Waals surface area contributed by atoms with Gasteiger partial charge in [-0.1, -0.05) is 5.16 Å². The summed E-state index contributed by atoms with van der Waals surface area (Å²) in [5.41, 5.74) is 2.42. The highest BCUT2D eigenvalue weighted by molar-refractivity contribution is 5.99. The standard InChI is InChI=1S/C5H10N2O3/c1-4(6-9)3-5(8)7-10-2/h9H,3H2,1-2H3,(H,7,8)/b6-4-. The number of carbonyl (C=O) groups excluding carboxylic acids is 1. The first-order chi connectivity index (χ1) is 4.70. The van der Waals surface area contributed by atoms with Crippen LogP contribution in [0.2, 0.25) is 0 Å². The van der Waals surface area contributed by atoms with Gasteiger partial charge in [0.05, 0.1) is 19.2 Å². The second-order valence-corrected chi connectivity index (χ2v) is 1.74. The van der Waals surface area contributed by atoms with Crippen LogP contribution in [0.4, 0.5) is 0 Å². The topological polar surface area (TPSA) is 70.9 Å². The second kappa shape index (κ2) is 4.75. The van der Waals surface area contributed by atoms with Crippen LogP contribution >= 0.6 is 0 Å². The number of nitrogens with zero attached hydrogens (tertiary/aromatic N) is 1. The van der Waals surface area contributed by atoms with Gasteiger partial charge >= 0.3 is 0 Å². The van der Waals surface area contributed by atoms with Crippen LogP contribution in [0.5, 0.6) is 0 Å². The third kappa shape index (κ3) is 3.85. The lowest BCUT2D eigenvalue weighted by molar-refractivity contribution is -0.130. The Hall–Kier alpha value is -1.10. The van der Waals surface area contributed by atoms with E-state index in [1.165, 1.54) is 14.0 Å². The molecule has 0 aromatic heterocycles. The maximum Gasteiger partial charge on any atom is 0.249 e. The number of hydroxylamine groups is 1. The fraction of sp³-hybridized carbons (Fsp3) is 0.600. The first-order valence-electron chi connectivity index (χ1n) is 2.70. The van der Waals surface area contributed by atoms with Gasteiger partial charge in [-0.2, -0.15) is 0 Å². The van der Waals surface area contributed by atoms with E-state index in [1.54, 1.807) is 0 Å². The molecule has 1 amide bonds. The van der Waals surface area contributed by atoms with Crippen molar-refractivity contribution < 1.29 is 14.8 Å². The summed E-state index contributed by atoms with van der Waals surface area (Å²) < 4.78 is 0. The van der Waals surface area contributed by atoms with Gasteiger partial charge in [0, 0.05) is 0 Å². The van der Waals surface area contributed by atoms with E-state index in [0.29, 0.717) is 5.71 Å². The zero-order chi connectivity index (χ0) is 7.98. The van der Waals surface area contributed by atoms with E-state index in [-0.39, 0.29) is 12.3 Å². The molecule has 58 valence electrons. The van der Waals surface area contributed by atoms with Gasteiger partial charge in [0.1, 0.15) is 0 Å². The molecule has 5 nitrogen and oxygen atoms in total. The molecule has 0 rings (SSSR count). The first kappa shape index (κ1) is 8.90. The van der Waals surface area contributed by atoms with Crippen molar-refractivity contribution in [3.05, 3.63) is 0 Å². The lowest BCUT2D eigenvalue weighted by Gasteiger charge is -1.98. The first-order valence-corrected chi connectivity index (χ1v) is 2.70. The fourth-order valence-corrected chi connectivity index (χ4v) is 0.418. The summed E-state index contributed by atoms with van der Waals surface area (Å²) in [6, 6.07) is 0. The molecule has 0 fully saturated rings. The van der Waals surface area contributed by atoms with Crippen molar-refractivity contribution >= 4 is 11.6 Å². The summed E-state index contributed by atoms with van der Waals surface area (Å²) in [5, 5.41) is 10.9. The second-order valence-electron chi connectivity index (χ2n) is 1.74. The van der Waals surface area contributed by atoms with Crippen molar-refractivity contribution in [1.29, 1.82) is 0 Å². The molecule has 0 aliphatic heterocycles. The molecular formula is C5H10N2O3. The largest absolute Gasteiger partial charge is 0.411 e. The van der Waals surface area contributed by atoms with Gasteiger partial charge in [-0.3, -0.25) is 9.63 Å². The number of oxime groups is 1. The Bertz CT molecular complexity index is 144. The normalized spacial score (nSPS) is 11.2. The van der Waals surface area contributed by atoms with Gasteiger partial charge < -0.3 is 5.21 Å². The third-order valence-electron chi connectivity index (χ3n) is 0.803. The van der Waals surface area contributed by atoms with Crippen LogP contribution in [0, 0.1) is 0 Å². The third-order valence-corrected chi connectivity index (χ3v) is 0.803. The molecule has 5 heteroatoms. The van der Waals surface area contributed by atoms with E-state index >= 15 is 0 Å². The summed E-state index contributed by atoms with van der Waals surface area (Å²) >= 11 is 0. The minimum absolute atomic E-state index is 0.0460. The maximum absolute atomic E-state index is 10.6. The number of carbonyl (C=O) groups is 1. The summed E-state index contributed by atoms with van der Waals surface area (Å²) in [4.78, 5) is 14.9. The summed E-state index contributed by atoms with van der Waals surface area (Å²) in [6.07, 6.45) is 0.0460. The zero-order valence-electron chi connectivity index (χ0n) is 5.92. The molecular weight excluding hydrogens is 136 g/mol. The molecule has 0 saturated heterocycles. The van der Waals surface area contributed by atoms with Crippen molar-refractivity contribution in [3.63, 3.8) is 0 Å². The quantitative estimate of drug-likeness (QED) is 0.332. The minimum atomic E-state index is -0.335. The van der Waals surface area contributed by atoms with E-state index in [4.69, 9.17) is 5.21 Å². The van der Waals surface area contributed by atoms with Crippen molar-refractivity contribution in [2.45, 2.75) is 13.3 Å². The Balaban J connectivity index is 3.58. The Kier molecular flexibility index (Phi) is 4.23. The van der Waals surface area contributed by atoms with Crippen molar-refractivity contribution in [3.8, 4) is 0 Å². The zero-order valence-corrected chi connectivity index (χ0v) is 5.92. The van der Waals surface area contributed by atoms with Gasteiger partial charge in [-0.05, 0) is 6.92 Å². The lowest BCUT2D eigenvalue weighted by Crippen LogP contribution is -2.23. The Labute approximate surface area is 58.6 Å². The maximum atomic E-state index is 10.6. The number of hydrogen-bond donors (Lipinski definition) is 2. The molecule has 0 spiro atoms. The van der Waals surface area contributed by atoms with E-state index in [2.05, 4.69) is 15.5 Å². The molecule has 0 heterocycles. The molecule has 0 atom stereocenters. The monoisotopic (exact) mass is 146 g/mol. The van der Waals surface area contributed by atoms with Crippen LogP contribution in [0.1, 0.15) is 13.3 Å². The molecule has 10 heavy (non-hydrogen) atoms. The van der Waals surface area contributed by atoms with Crippen LogP contribution in [0.25, 0.3) is 0 Å². The average molecular weight is 146 g/mol. The molecule has 0 radical (unpaired) electrons. The Morgan fingerprint density at radius 1 is 1.80 bits per heavy atom. The predicted molar refractivity (Wildman–Crippen MR) is 34.7 cm³/mol. The SMILES string of the molecule is CONC(=O)C/C(C)=N\O. The van der Waals surface area contributed by atoms with Crippen LogP contribution in [0.15, 0.2) is 5.16 Å². The average Bonchev–Trinajstić information content (AvgIpc) is 1.88. The van der Waals surface area contributed by atoms with Crippen LogP contribution in [-0.4, -0.2) is 23.9 Å². The highest BCUT2D eigenvalue weighted by atomic mass is 16.6. The van der Waals surface area contributed by atoms with Gasteiger partial charge in [0.2, 0.25) is 5.91 Å². The number of amides is 1. The highest BCUT2D eigenvalue weighted by Crippen LogP contribution is 1.83. The van der Waals surface area contributed by atoms with Gasteiger partial charge in [0.15, 0.2) is 0 Å². The number of nitrogens with one attached hydrogen (secondary N) is 1. The molecule has 0 aliphatic carbocycles. The van der Waals surface area contributed by atoms with E-state index in [1.807, 2.05) is 0 Å². The fourth-order valence-electron chi connectivity index (χ4n) is 0.418. The summed E-state index contributed by atoms with van der Waals surface area (Å²) in [6.45, 7) is 1.54. The lowest BCUT2D eigenvalue weighted by atomic mass is 10.3. The molecule has 0 aliphatic rings. The number of rotatable bonds is 3. The molecule has 0 aromatic rings. The van der Waals surface area contributed by atoms with E-state index < -0.39 is 0 Å². The number of hydrogen-bond acceptors (Lipinski definition) is 4. The predicted octanol–water partition coefficient (Wildman–Crippen LogP) is -0.0958. The molecule has 0 bridgehead atoms. The minimum Gasteiger partial charge on any atom is -0.411 e. The summed E-state index contributed by atoms with van der Waals surface area (Å²) in [5.74, 6) is -0.335. The van der Waals surface area contributed by atoms with Crippen LogP contribution in [-0.2, 0) is 9.63 Å². The van der Waals surface area contributed by atoms with E-state index in [0.717, 1.165) is 0 Å².